The smallest absolute Gasteiger partial charge is 0.159 e. The van der Waals surface area contributed by atoms with Crippen LogP contribution in [0.5, 0.6) is 0 Å². The Morgan fingerprint density at radius 2 is 0.532 bits per heavy atom. The van der Waals surface area contributed by atoms with Gasteiger partial charge in [0.25, 0.3) is 0 Å². The van der Waals surface area contributed by atoms with Crippen LogP contribution in [0.15, 0.2) is 349 Å². The molecule has 2 aromatic heterocycles. The van der Waals surface area contributed by atoms with Gasteiger partial charge in [0.15, 0.2) is 11.2 Å². The van der Waals surface area contributed by atoms with Crippen LogP contribution in [-0.4, -0.2) is 0 Å². The van der Waals surface area contributed by atoms with Gasteiger partial charge in [-0.3, -0.25) is 0 Å². The third-order valence-corrected chi connectivity index (χ3v) is 20.8. The van der Waals surface area contributed by atoms with Gasteiger partial charge in [-0.2, -0.15) is 0 Å². The highest BCUT2D eigenvalue weighted by Gasteiger charge is 2.65. The predicted molar refractivity (Wildman–Crippen MR) is 390 cm³/mol. The molecule has 16 aromatic carbocycles. The van der Waals surface area contributed by atoms with Gasteiger partial charge in [0.2, 0.25) is 0 Å². The van der Waals surface area contributed by atoms with E-state index < -0.39 is 10.8 Å². The molecule has 0 spiro atoms. The zero-order valence-corrected chi connectivity index (χ0v) is 51.0. The largest absolute Gasteiger partial charge is 0.454 e. The second-order valence-corrected chi connectivity index (χ2v) is 25.2. The SMILES string of the molecule is c1ccc(C2(C3(c4ccccc4)c4ccccc4-c4c3cc(N(c3cccc5ccccc35)c3cccc5c3oc3ccccc35)c3ccccc43)c3ccccc3-c3c2cc(N(c2cccc4ccccc24)c2cccc4c2oc2ccccc24)c2ccccc32)cc1. The molecule has 18 aromatic rings. The normalized spacial score (nSPS) is 15.5. The zero-order valence-electron chi connectivity index (χ0n) is 51.0. The fraction of sp³-hybridized carbons (Fsp3) is 0.0222. The van der Waals surface area contributed by atoms with Crippen LogP contribution in [0.1, 0.15) is 33.4 Å². The summed E-state index contributed by atoms with van der Waals surface area (Å²) in [5.41, 5.74) is 19.5. The minimum absolute atomic E-state index is 0.826. The second kappa shape index (κ2) is 20.1. The summed E-state index contributed by atoms with van der Waals surface area (Å²) in [4.78, 5) is 5.04. The number of nitrogens with zero attached hydrogens (tertiary/aromatic N) is 2. The first-order chi connectivity index (χ1) is 46.7. The van der Waals surface area contributed by atoms with Crippen molar-refractivity contribution < 1.29 is 8.83 Å². The van der Waals surface area contributed by atoms with E-state index in [1.165, 1.54) is 55.6 Å². The number of fused-ring (bicyclic) bond motifs is 18. The number of furan rings is 2. The fourth-order valence-electron chi connectivity index (χ4n) is 17.2. The second-order valence-electron chi connectivity index (χ2n) is 25.2. The number of anilines is 6. The van der Waals surface area contributed by atoms with Crippen LogP contribution >= 0.6 is 0 Å². The topological polar surface area (TPSA) is 32.8 Å². The van der Waals surface area contributed by atoms with Crippen LogP contribution in [-0.2, 0) is 10.8 Å². The van der Waals surface area contributed by atoms with E-state index >= 15 is 0 Å². The first-order valence-corrected chi connectivity index (χ1v) is 32.5. The van der Waals surface area contributed by atoms with Crippen molar-refractivity contribution in [2.45, 2.75) is 10.8 Å². The van der Waals surface area contributed by atoms with Crippen molar-refractivity contribution in [3.63, 3.8) is 0 Å². The molecule has 2 aliphatic rings. The van der Waals surface area contributed by atoms with Crippen LogP contribution in [0.4, 0.5) is 34.1 Å². The van der Waals surface area contributed by atoms with Gasteiger partial charge in [0, 0.05) is 43.1 Å². The van der Waals surface area contributed by atoms with Crippen molar-refractivity contribution in [3.05, 3.63) is 373 Å². The molecule has 2 atom stereocenters. The summed E-state index contributed by atoms with van der Waals surface area (Å²) >= 11 is 0. The molecule has 0 radical (unpaired) electrons. The van der Waals surface area contributed by atoms with Gasteiger partial charge in [-0.25, -0.2) is 0 Å². The quantitative estimate of drug-likeness (QED) is 0.144. The highest BCUT2D eigenvalue weighted by Crippen LogP contribution is 2.72. The minimum atomic E-state index is -1.01. The summed E-state index contributed by atoms with van der Waals surface area (Å²) in [5.74, 6) is 0. The Morgan fingerprint density at radius 1 is 0.213 bits per heavy atom. The van der Waals surface area contributed by atoms with Crippen LogP contribution < -0.4 is 9.80 Å². The predicted octanol–water partition coefficient (Wildman–Crippen LogP) is 24.4. The van der Waals surface area contributed by atoms with Gasteiger partial charge in [-0.15, -0.1) is 0 Å². The summed E-state index contributed by atoms with van der Waals surface area (Å²) in [6.45, 7) is 0. The Morgan fingerprint density at radius 3 is 0.979 bits per heavy atom. The summed E-state index contributed by atoms with van der Waals surface area (Å²) < 4.78 is 14.3. The van der Waals surface area contributed by atoms with Crippen LogP contribution in [0.2, 0.25) is 0 Å². The summed E-state index contributed by atoms with van der Waals surface area (Å²) in [7, 11) is 0. The maximum Gasteiger partial charge on any atom is 0.159 e. The van der Waals surface area contributed by atoms with Crippen molar-refractivity contribution in [2.24, 2.45) is 0 Å². The Hall–Kier alpha value is -12.2. The van der Waals surface area contributed by atoms with E-state index in [0.717, 1.165) is 121 Å². The highest BCUT2D eigenvalue weighted by molar-refractivity contribution is 6.19. The fourth-order valence-corrected chi connectivity index (χ4v) is 17.2. The minimum Gasteiger partial charge on any atom is -0.454 e. The van der Waals surface area contributed by atoms with E-state index in [9.17, 15) is 0 Å². The Labute approximate surface area is 542 Å². The molecule has 0 saturated carbocycles. The number of benzene rings is 16. The lowest BCUT2D eigenvalue weighted by Crippen LogP contribution is -2.50. The molecule has 0 N–H and O–H groups in total. The molecule has 0 saturated heterocycles. The van der Waals surface area contributed by atoms with E-state index in [-0.39, 0.29) is 0 Å². The summed E-state index contributed by atoms with van der Waals surface area (Å²) in [5, 5.41) is 13.4. The third-order valence-electron chi connectivity index (χ3n) is 20.8. The molecule has 2 unspecified atom stereocenters. The van der Waals surface area contributed by atoms with Crippen LogP contribution in [0.3, 0.4) is 0 Å². The Bertz CT molecular complexity index is 5770. The van der Waals surface area contributed by atoms with Gasteiger partial charge in [-0.1, -0.05) is 291 Å². The van der Waals surface area contributed by atoms with Crippen LogP contribution in [0.25, 0.3) is 109 Å². The number of para-hydroxylation sites is 4. The maximum atomic E-state index is 7.16. The van der Waals surface area contributed by atoms with Gasteiger partial charge in [0.1, 0.15) is 11.2 Å². The van der Waals surface area contributed by atoms with E-state index in [1.54, 1.807) is 0 Å². The third kappa shape index (κ3) is 7.06. The Balaban J connectivity index is 0.983. The first kappa shape index (κ1) is 52.5. The summed E-state index contributed by atoms with van der Waals surface area (Å²) in [6.07, 6.45) is 0. The molecule has 94 heavy (non-hydrogen) atoms. The number of rotatable bonds is 9. The number of hydrogen-bond acceptors (Lipinski definition) is 4. The lowest BCUT2D eigenvalue weighted by atomic mass is 9.49. The lowest BCUT2D eigenvalue weighted by Gasteiger charge is -2.51. The molecule has 2 aliphatic carbocycles. The standard InChI is InChI=1S/C90H56N2O2/c1-3-31-59(32-4-1)89(73-47-19-15-43-71(73)85-67-41-13-11-37-63(67)81(55-75(85)89)91(77-49-23-29-57-27-7-9-35-61(57)77)79-51-25-45-69-65-39-17-21-53-83(65)93-87(69)79)90(60-33-5-2-6-34-60)74-48-20-16-44-72(74)86-68-42-14-12-38-64(68)82(56-76(86)90)92(78-50-24-30-58-28-8-10-36-62(58)78)80-52-26-46-70-66-40-18-22-54-84(66)94-88(70)80/h1-56H. The molecule has 0 bridgehead atoms. The molecular weight excluding hydrogens is 1140 g/mol. The molecule has 4 nitrogen and oxygen atoms in total. The van der Waals surface area contributed by atoms with Crippen molar-refractivity contribution in [3.8, 4) is 22.3 Å². The molecule has 438 valence electrons. The van der Waals surface area contributed by atoms with Crippen molar-refractivity contribution in [2.75, 3.05) is 9.80 Å². The first-order valence-electron chi connectivity index (χ1n) is 32.5. The molecule has 4 heteroatoms. The van der Waals surface area contributed by atoms with E-state index in [2.05, 4.69) is 350 Å². The maximum absolute atomic E-state index is 7.16. The van der Waals surface area contributed by atoms with E-state index in [1.807, 2.05) is 0 Å². The van der Waals surface area contributed by atoms with Gasteiger partial charge in [0.05, 0.1) is 45.0 Å². The zero-order chi connectivity index (χ0) is 61.6. The van der Waals surface area contributed by atoms with Gasteiger partial charge in [-0.05, 0) is 126 Å². The van der Waals surface area contributed by atoms with Gasteiger partial charge >= 0.3 is 0 Å². The average Bonchev–Trinajstić information content (AvgIpc) is 1.46. The van der Waals surface area contributed by atoms with Crippen molar-refractivity contribution >= 4 is 121 Å². The molecule has 20 rings (SSSR count). The Kier molecular flexibility index (Phi) is 11.2. The van der Waals surface area contributed by atoms with E-state index in [0.29, 0.717) is 0 Å². The lowest BCUT2D eigenvalue weighted by molar-refractivity contribution is 0.438. The molecule has 0 fully saturated rings. The van der Waals surface area contributed by atoms with Gasteiger partial charge < -0.3 is 18.6 Å². The van der Waals surface area contributed by atoms with E-state index in [4.69, 9.17) is 8.83 Å². The average molecular weight is 1200 g/mol. The molecule has 2 heterocycles. The summed E-state index contributed by atoms with van der Waals surface area (Å²) in [6, 6.07) is 127. The van der Waals surface area contributed by atoms with Crippen molar-refractivity contribution in [1.29, 1.82) is 0 Å². The highest BCUT2D eigenvalue weighted by atomic mass is 16.3. The monoisotopic (exact) mass is 1200 g/mol. The molecule has 0 aliphatic heterocycles. The molecule has 0 amide bonds. The number of hydrogen-bond donors (Lipinski definition) is 0. The van der Waals surface area contributed by atoms with Crippen molar-refractivity contribution in [1.82, 2.24) is 0 Å². The van der Waals surface area contributed by atoms with Crippen LogP contribution in [0, 0.1) is 0 Å². The molecular formula is C90H56N2O2.